The van der Waals surface area contributed by atoms with Crippen molar-refractivity contribution in [3.05, 3.63) is 28.7 Å². The van der Waals surface area contributed by atoms with Crippen LogP contribution in [0, 0.1) is 0 Å². The number of anilines is 1. The molecule has 0 spiro atoms. The van der Waals surface area contributed by atoms with E-state index in [1.165, 1.54) is 18.3 Å². The maximum absolute atomic E-state index is 12.7. The second-order valence-corrected chi connectivity index (χ2v) is 6.10. The minimum atomic E-state index is -1.53. The van der Waals surface area contributed by atoms with E-state index < -0.39 is 48.4 Å². The minimum absolute atomic E-state index is 0.00910. The molecule has 0 aromatic carbocycles. The fourth-order valence-electron chi connectivity index (χ4n) is 2.54. The molecular formula is C18H24FN3O6. The molecule has 10 heteroatoms. The molecular weight excluding hydrogens is 373 g/mol. The summed E-state index contributed by atoms with van der Waals surface area (Å²) in [4.78, 5) is 59.4. The Morgan fingerprint density at radius 3 is 2.46 bits per heavy atom. The molecule has 154 valence electrons. The van der Waals surface area contributed by atoms with Crippen LogP contribution in [0.2, 0.25) is 0 Å². The quantitative estimate of drug-likeness (QED) is 0.511. The summed E-state index contributed by atoms with van der Waals surface area (Å²) in [6, 6.07) is 0.282. The number of ketones is 1. The number of aliphatic carboxylic acids is 1. The van der Waals surface area contributed by atoms with Gasteiger partial charge in [0, 0.05) is 12.6 Å². The fourth-order valence-corrected chi connectivity index (χ4v) is 2.54. The Hall–Kier alpha value is -3.04. The molecule has 0 aliphatic heterocycles. The maximum Gasteiger partial charge on any atom is 0.305 e. The number of amides is 2. The van der Waals surface area contributed by atoms with Crippen molar-refractivity contribution in [3.8, 4) is 0 Å². The molecule has 1 heterocycles. The summed E-state index contributed by atoms with van der Waals surface area (Å²) < 4.78 is 13.8. The number of carboxylic acids is 1. The summed E-state index contributed by atoms with van der Waals surface area (Å²) in [5.74, 6) is -3.60. The summed E-state index contributed by atoms with van der Waals surface area (Å²) in [6.45, 7) is 1.97. The molecule has 0 saturated heterocycles. The smallest absolute Gasteiger partial charge is 0.305 e. The average molecular weight is 397 g/mol. The van der Waals surface area contributed by atoms with E-state index in [2.05, 4.69) is 10.6 Å². The number of carboxylic acid groups (broad SMARTS) is 1. The summed E-state index contributed by atoms with van der Waals surface area (Å²) in [6.07, 6.45) is 1.45. The van der Waals surface area contributed by atoms with Gasteiger partial charge in [-0.2, -0.15) is 0 Å². The number of hydrogen-bond donors (Lipinski definition) is 3. The Bertz CT molecular complexity index is 792. The van der Waals surface area contributed by atoms with E-state index >= 15 is 0 Å². The van der Waals surface area contributed by atoms with Crippen LogP contribution in [0.5, 0.6) is 0 Å². The Morgan fingerprint density at radius 1 is 1.25 bits per heavy atom. The summed E-state index contributed by atoms with van der Waals surface area (Å²) in [5.41, 5.74) is -0.630. The molecule has 1 unspecified atom stereocenters. The van der Waals surface area contributed by atoms with Gasteiger partial charge in [0.25, 0.3) is 5.56 Å². The minimum Gasteiger partial charge on any atom is -0.481 e. The highest BCUT2D eigenvalue weighted by Gasteiger charge is 2.28. The van der Waals surface area contributed by atoms with Crippen molar-refractivity contribution in [1.82, 2.24) is 9.88 Å². The lowest BCUT2D eigenvalue weighted by atomic mass is 10.1. The number of pyridine rings is 1. The van der Waals surface area contributed by atoms with Crippen LogP contribution < -0.4 is 16.2 Å². The van der Waals surface area contributed by atoms with Gasteiger partial charge >= 0.3 is 5.97 Å². The summed E-state index contributed by atoms with van der Waals surface area (Å²) in [7, 11) is 0. The molecule has 1 aromatic rings. The van der Waals surface area contributed by atoms with Crippen molar-refractivity contribution in [1.29, 1.82) is 0 Å². The van der Waals surface area contributed by atoms with Gasteiger partial charge in [-0.05, 0) is 18.6 Å². The van der Waals surface area contributed by atoms with Gasteiger partial charge < -0.3 is 20.3 Å². The van der Waals surface area contributed by atoms with Gasteiger partial charge in [-0.15, -0.1) is 0 Å². The Labute approximate surface area is 160 Å². The van der Waals surface area contributed by atoms with Crippen molar-refractivity contribution in [3.63, 3.8) is 0 Å². The van der Waals surface area contributed by atoms with Gasteiger partial charge in [-0.1, -0.05) is 20.3 Å². The molecule has 3 N–H and O–H groups in total. The van der Waals surface area contributed by atoms with Crippen LogP contribution in [0.15, 0.2) is 23.1 Å². The highest BCUT2D eigenvalue weighted by molar-refractivity contribution is 5.93. The molecule has 0 saturated carbocycles. The first-order valence-electron chi connectivity index (χ1n) is 8.86. The number of nitrogens with zero attached hydrogens (tertiary/aromatic N) is 1. The van der Waals surface area contributed by atoms with Crippen LogP contribution in [-0.4, -0.2) is 46.0 Å². The van der Waals surface area contributed by atoms with Crippen molar-refractivity contribution < 1.29 is 28.7 Å². The molecule has 0 fully saturated rings. The molecule has 2 amide bonds. The first-order chi connectivity index (χ1) is 13.2. The van der Waals surface area contributed by atoms with Crippen LogP contribution in [0.1, 0.15) is 45.6 Å². The van der Waals surface area contributed by atoms with E-state index in [4.69, 9.17) is 5.11 Å². The van der Waals surface area contributed by atoms with Crippen LogP contribution >= 0.6 is 0 Å². The van der Waals surface area contributed by atoms with E-state index in [-0.39, 0.29) is 24.4 Å². The number of carbonyl (C=O) groups is 4. The topological polar surface area (TPSA) is 135 Å². The zero-order valence-corrected chi connectivity index (χ0v) is 15.7. The first kappa shape index (κ1) is 23.0. The van der Waals surface area contributed by atoms with Crippen molar-refractivity contribution >= 4 is 29.3 Å². The number of rotatable bonds is 11. The highest BCUT2D eigenvalue weighted by Crippen LogP contribution is 2.14. The lowest BCUT2D eigenvalue weighted by Crippen LogP contribution is -2.47. The Morgan fingerprint density at radius 2 is 1.93 bits per heavy atom. The van der Waals surface area contributed by atoms with Gasteiger partial charge in [-0.3, -0.25) is 24.0 Å². The van der Waals surface area contributed by atoms with Crippen molar-refractivity contribution in [2.75, 3.05) is 12.0 Å². The zero-order chi connectivity index (χ0) is 21.3. The van der Waals surface area contributed by atoms with E-state index in [1.807, 2.05) is 0 Å². The second kappa shape index (κ2) is 11.0. The Balaban J connectivity index is 3.18. The number of carbonyl (C=O) groups excluding carboxylic acids is 3. The molecule has 0 aliphatic carbocycles. The normalized spacial score (nSPS) is 12.7. The molecule has 0 radical (unpaired) electrons. The largest absolute Gasteiger partial charge is 0.481 e. The third-order valence-electron chi connectivity index (χ3n) is 3.99. The average Bonchev–Trinajstić information content (AvgIpc) is 2.66. The van der Waals surface area contributed by atoms with Gasteiger partial charge in [0.15, 0.2) is 5.78 Å². The molecule has 0 bridgehead atoms. The van der Waals surface area contributed by atoms with Crippen LogP contribution in [-0.2, 0) is 19.2 Å². The Kier molecular flexibility index (Phi) is 9.00. The molecule has 1 aromatic heterocycles. The van der Waals surface area contributed by atoms with E-state index in [1.54, 1.807) is 13.8 Å². The number of hydrogen-bond acceptors (Lipinski definition) is 5. The lowest BCUT2D eigenvalue weighted by molar-refractivity contribution is -0.140. The SMILES string of the molecule is CCCC(C(=O)N[C@@H](CC(=O)O)C(=O)CF)n1cccc(NC(=O)CC)c1=O. The van der Waals surface area contributed by atoms with Gasteiger partial charge in [0.2, 0.25) is 11.8 Å². The molecule has 9 nitrogen and oxygen atoms in total. The third kappa shape index (κ3) is 6.29. The number of aromatic nitrogens is 1. The number of alkyl halides is 1. The van der Waals surface area contributed by atoms with Crippen molar-refractivity contribution in [2.24, 2.45) is 0 Å². The van der Waals surface area contributed by atoms with Crippen LogP contribution in [0.3, 0.4) is 0 Å². The maximum atomic E-state index is 12.7. The molecule has 1 rings (SSSR count). The van der Waals surface area contributed by atoms with Gasteiger partial charge in [0.1, 0.15) is 24.4 Å². The number of halogens is 1. The number of nitrogens with one attached hydrogen (secondary N) is 2. The molecule has 0 aliphatic rings. The van der Waals surface area contributed by atoms with Crippen molar-refractivity contribution in [2.45, 2.75) is 51.6 Å². The monoisotopic (exact) mass is 397 g/mol. The first-order valence-corrected chi connectivity index (χ1v) is 8.86. The molecule has 28 heavy (non-hydrogen) atoms. The lowest BCUT2D eigenvalue weighted by Gasteiger charge is -2.22. The number of Topliss-reactive ketones (excluding diaryl/α,β-unsaturated/α-hetero) is 1. The van der Waals surface area contributed by atoms with E-state index in [9.17, 15) is 28.4 Å². The summed E-state index contributed by atoms with van der Waals surface area (Å²) >= 11 is 0. The van der Waals surface area contributed by atoms with Crippen LogP contribution in [0.4, 0.5) is 10.1 Å². The van der Waals surface area contributed by atoms with E-state index in [0.717, 1.165) is 4.57 Å². The third-order valence-corrected chi connectivity index (χ3v) is 3.99. The molecule has 2 atom stereocenters. The standard InChI is InChI=1S/C18H24FN3O6/c1-3-6-13(17(27)21-12(9-16(25)26)14(23)10-19)22-8-5-7-11(18(22)28)20-15(24)4-2/h5,7-8,12-13H,3-4,6,9-10H2,1-2H3,(H,20,24)(H,21,27)(H,25,26)/t12-,13?/m0/s1. The fraction of sp³-hybridized carbons (Fsp3) is 0.500. The van der Waals surface area contributed by atoms with Gasteiger partial charge in [-0.25, -0.2) is 4.39 Å². The second-order valence-electron chi connectivity index (χ2n) is 6.10. The summed E-state index contributed by atoms with van der Waals surface area (Å²) in [5, 5.41) is 13.5. The highest BCUT2D eigenvalue weighted by atomic mass is 19.1. The van der Waals surface area contributed by atoms with Crippen LogP contribution in [0.25, 0.3) is 0 Å². The van der Waals surface area contributed by atoms with Gasteiger partial charge in [0.05, 0.1) is 6.42 Å². The zero-order valence-electron chi connectivity index (χ0n) is 15.7. The predicted octanol–water partition coefficient (Wildman–Crippen LogP) is 1.04. The predicted molar refractivity (Wildman–Crippen MR) is 98.7 cm³/mol. The van der Waals surface area contributed by atoms with E-state index in [0.29, 0.717) is 6.42 Å².